The van der Waals surface area contributed by atoms with E-state index in [0.29, 0.717) is 12.1 Å². The zero-order valence-corrected chi connectivity index (χ0v) is 12.3. The summed E-state index contributed by atoms with van der Waals surface area (Å²) in [5.74, 6) is 1.12. The Morgan fingerprint density at radius 3 is 2.95 bits per heavy atom. The fourth-order valence-corrected chi connectivity index (χ4v) is 2.94. The maximum Gasteiger partial charge on any atom is 0.129 e. The molecule has 1 saturated heterocycles. The molecule has 2 heterocycles. The van der Waals surface area contributed by atoms with E-state index in [4.69, 9.17) is 4.98 Å². The summed E-state index contributed by atoms with van der Waals surface area (Å²) in [7, 11) is 0. The second-order valence-electron chi connectivity index (χ2n) is 5.91. The Kier molecular flexibility index (Phi) is 3.88. The van der Waals surface area contributed by atoms with Crippen LogP contribution in [0.4, 0.5) is 5.82 Å². The lowest BCUT2D eigenvalue weighted by atomic mass is 10.2. The topological polar surface area (TPSA) is 28.2 Å². The molecule has 0 aliphatic carbocycles. The van der Waals surface area contributed by atoms with E-state index in [2.05, 4.69) is 60.5 Å². The van der Waals surface area contributed by atoms with Gasteiger partial charge < -0.3 is 10.2 Å². The van der Waals surface area contributed by atoms with Crippen molar-refractivity contribution in [3.05, 3.63) is 36.4 Å². The van der Waals surface area contributed by atoms with Crippen LogP contribution in [0.2, 0.25) is 0 Å². The Hall–Kier alpha value is -1.61. The van der Waals surface area contributed by atoms with Crippen LogP contribution in [0.1, 0.15) is 26.7 Å². The Morgan fingerprint density at radius 2 is 2.10 bits per heavy atom. The second-order valence-corrected chi connectivity index (χ2v) is 5.91. The van der Waals surface area contributed by atoms with Gasteiger partial charge in [-0.2, -0.15) is 0 Å². The molecule has 3 heteroatoms. The van der Waals surface area contributed by atoms with E-state index in [-0.39, 0.29) is 0 Å². The molecule has 1 fully saturated rings. The van der Waals surface area contributed by atoms with Crippen LogP contribution in [0.3, 0.4) is 0 Å². The number of pyridine rings is 1. The zero-order valence-electron chi connectivity index (χ0n) is 12.3. The average Bonchev–Trinajstić information content (AvgIpc) is 2.93. The number of hydrogen-bond donors (Lipinski definition) is 1. The molecular formula is C17H23N3. The number of benzene rings is 1. The van der Waals surface area contributed by atoms with Gasteiger partial charge in [0.15, 0.2) is 0 Å². The first-order chi connectivity index (χ1) is 9.74. The summed E-state index contributed by atoms with van der Waals surface area (Å²) in [6.45, 7) is 6.57. The van der Waals surface area contributed by atoms with Gasteiger partial charge in [0.2, 0.25) is 0 Å². The molecule has 3 nitrogen and oxygen atoms in total. The molecule has 1 unspecified atom stereocenters. The Bertz CT molecular complexity index is 579. The first-order valence-electron chi connectivity index (χ1n) is 7.60. The van der Waals surface area contributed by atoms with Crippen molar-refractivity contribution in [1.29, 1.82) is 0 Å². The maximum atomic E-state index is 4.83. The third-order valence-corrected chi connectivity index (χ3v) is 4.02. The van der Waals surface area contributed by atoms with Crippen molar-refractivity contribution in [2.24, 2.45) is 0 Å². The molecule has 1 aliphatic rings. The van der Waals surface area contributed by atoms with Crippen LogP contribution in [-0.4, -0.2) is 30.2 Å². The van der Waals surface area contributed by atoms with Gasteiger partial charge in [-0.05, 0) is 31.0 Å². The highest BCUT2D eigenvalue weighted by molar-refractivity contribution is 5.80. The molecule has 1 aliphatic heterocycles. The maximum absolute atomic E-state index is 4.83. The van der Waals surface area contributed by atoms with Gasteiger partial charge in [-0.1, -0.05) is 32.0 Å². The van der Waals surface area contributed by atoms with Crippen LogP contribution in [0, 0.1) is 0 Å². The van der Waals surface area contributed by atoms with E-state index in [9.17, 15) is 0 Å². The SMILES string of the molecule is CC(C)NCC1CCCN1c1ccc2ccccc2n1. The van der Waals surface area contributed by atoms with Crippen molar-refractivity contribution >= 4 is 16.7 Å². The second kappa shape index (κ2) is 5.80. The molecule has 20 heavy (non-hydrogen) atoms. The largest absolute Gasteiger partial charge is 0.352 e. The smallest absolute Gasteiger partial charge is 0.129 e. The number of nitrogens with zero attached hydrogens (tertiary/aromatic N) is 2. The standard InChI is InChI=1S/C17H23N3/c1-13(2)18-12-15-7-5-11-20(15)17-10-9-14-6-3-4-8-16(14)19-17/h3-4,6,8-10,13,15,18H,5,7,11-12H2,1-2H3. The highest BCUT2D eigenvalue weighted by Crippen LogP contribution is 2.25. The fourth-order valence-electron chi connectivity index (χ4n) is 2.94. The zero-order chi connectivity index (χ0) is 13.9. The van der Waals surface area contributed by atoms with Crippen molar-refractivity contribution in [1.82, 2.24) is 10.3 Å². The highest BCUT2D eigenvalue weighted by Gasteiger charge is 2.25. The Labute approximate surface area is 121 Å². The van der Waals surface area contributed by atoms with Crippen molar-refractivity contribution in [3.8, 4) is 0 Å². The lowest BCUT2D eigenvalue weighted by Gasteiger charge is -2.27. The van der Waals surface area contributed by atoms with Crippen LogP contribution >= 0.6 is 0 Å². The van der Waals surface area contributed by atoms with E-state index in [1.54, 1.807) is 0 Å². The molecule has 106 valence electrons. The number of aromatic nitrogens is 1. The first-order valence-corrected chi connectivity index (χ1v) is 7.60. The summed E-state index contributed by atoms with van der Waals surface area (Å²) in [6, 6.07) is 13.8. The average molecular weight is 269 g/mol. The van der Waals surface area contributed by atoms with E-state index in [0.717, 1.165) is 24.4 Å². The van der Waals surface area contributed by atoms with Crippen molar-refractivity contribution in [2.45, 2.75) is 38.8 Å². The minimum atomic E-state index is 0.544. The van der Waals surface area contributed by atoms with Crippen LogP contribution in [-0.2, 0) is 0 Å². The monoisotopic (exact) mass is 269 g/mol. The predicted octanol–water partition coefficient (Wildman–Crippen LogP) is 3.20. The van der Waals surface area contributed by atoms with Gasteiger partial charge in [0.1, 0.15) is 5.82 Å². The minimum absolute atomic E-state index is 0.544. The first kappa shape index (κ1) is 13.4. The molecule has 0 radical (unpaired) electrons. The summed E-state index contributed by atoms with van der Waals surface area (Å²) in [5.41, 5.74) is 1.09. The van der Waals surface area contributed by atoms with Crippen LogP contribution in [0.15, 0.2) is 36.4 Å². The Balaban J connectivity index is 1.81. The van der Waals surface area contributed by atoms with Gasteiger partial charge in [0, 0.05) is 30.6 Å². The number of fused-ring (bicyclic) bond motifs is 1. The van der Waals surface area contributed by atoms with Gasteiger partial charge >= 0.3 is 0 Å². The van der Waals surface area contributed by atoms with Crippen molar-refractivity contribution in [2.75, 3.05) is 18.0 Å². The highest BCUT2D eigenvalue weighted by atomic mass is 15.2. The predicted molar refractivity (Wildman–Crippen MR) is 85.2 cm³/mol. The molecule has 2 aromatic rings. The molecule has 1 aromatic carbocycles. The number of para-hydroxylation sites is 1. The molecule has 1 N–H and O–H groups in total. The third-order valence-electron chi connectivity index (χ3n) is 4.02. The van der Waals surface area contributed by atoms with E-state index in [1.807, 2.05) is 0 Å². The molecule has 0 amide bonds. The molecule has 1 atom stereocenters. The van der Waals surface area contributed by atoms with Crippen LogP contribution in [0.25, 0.3) is 10.9 Å². The lowest BCUT2D eigenvalue weighted by Crippen LogP contribution is -2.40. The van der Waals surface area contributed by atoms with Crippen LogP contribution in [0.5, 0.6) is 0 Å². The number of nitrogens with one attached hydrogen (secondary N) is 1. The molecule has 0 spiro atoms. The third kappa shape index (κ3) is 2.78. The van der Waals surface area contributed by atoms with Crippen molar-refractivity contribution < 1.29 is 0 Å². The number of rotatable bonds is 4. The summed E-state index contributed by atoms with van der Waals surface area (Å²) >= 11 is 0. The van der Waals surface area contributed by atoms with Gasteiger partial charge in [-0.25, -0.2) is 4.98 Å². The normalized spacial score (nSPS) is 19.1. The minimum Gasteiger partial charge on any atom is -0.352 e. The summed E-state index contributed by atoms with van der Waals surface area (Å²) in [4.78, 5) is 7.29. The van der Waals surface area contributed by atoms with E-state index < -0.39 is 0 Å². The van der Waals surface area contributed by atoms with E-state index >= 15 is 0 Å². The van der Waals surface area contributed by atoms with Gasteiger partial charge in [0.25, 0.3) is 0 Å². The van der Waals surface area contributed by atoms with E-state index in [1.165, 1.54) is 18.2 Å². The van der Waals surface area contributed by atoms with Crippen LogP contribution < -0.4 is 10.2 Å². The fraction of sp³-hybridized carbons (Fsp3) is 0.471. The molecular weight excluding hydrogens is 246 g/mol. The lowest BCUT2D eigenvalue weighted by molar-refractivity contribution is 0.522. The van der Waals surface area contributed by atoms with Crippen molar-refractivity contribution in [3.63, 3.8) is 0 Å². The number of hydrogen-bond acceptors (Lipinski definition) is 3. The summed E-state index contributed by atoms with van der Waals surface area (Å²) < 4.78 is 0. The van der Waals surface area contributed by atoms with Gasteiger partial charge in [0.05, 0.1) is 5.52 Å². The van der Waals surface area contributed by atoms with Gasteiger partial charge in [-0.15, -0.1) is 0 Å². The number of anilines is 1. The molecule has 0 saturated carbocycles. The molecule has 3 rings (SSSR count). The molecule has 1 aromatic heterocycles. The summed E-state index contributed by atoms with van der Waals surface area (Å²) in [5, 5.41) is 4.77. The summed E-state index contributed by atoms with van der Waals surface area (Å²) in [6.07, 6.45) is 2.52. The quantitative estimate of drug-likeness (QED) is 0.924. The van der Waals surface area contributed by atoms with Gasteiger partial charge in [-0.3, -0.25) is 0 Å². The molecule has 0 bridgehead atoms. The Morgan fingerprint density at radius 1 is 1.25 bits per heavy atom.